The smallest absolute Gasteiger partial charge is 0.266 e. The van der Waals surface area contributed by atoms with Crippen molar-refractivity contribution in [3.05, 3.63) is 63.6 Å². The van der Waals surface area contributed by atoms with Gasteiger partial charge in [0.1, 0.15) is 5.75 Å². The van der Waals surface area contributed by atoms with E-state index in [1.807, 2.05) is 70.2 Å². The van der Waals surface area contributed by atoms with Crippen LogP contribution < -0.4 is 4.74 Å². The average Bonchev–Trinajstić information content (AvgIpc) is 2.94. The molecule has 2 aromatic rings. The zero-order chi connectivity index (χ0) is 19.6. The Kier molecular flexibility index (Phi) is 5.71. The first-order chi connectivity index (χ1) is 12.9. The summed E-state index contributed by atoms with van der Waals surface area (Å²) >= 11 is 1.43. The topological polar surface area (TPSA) is 41.9 Å². The molecule has 0 radical (unpaired) electrons. The van der Waals surface area contributed by atoms with Gasteiger partial charge in [0.05, 0.1) is 17.7 Å². The van der Waals surface area contributed by atoms with Gasteiger partial charge in [0.2, 0.25) is 0 Å². The number of thioether (sulfide) groups is 1. The molecule has 1 aliphatic heterocycles. The lowest BCUT2D eigenvalue weighted by Gasteiger charge is -2.13. The highest BCUT2D eigenvalue weighted by Gasteiger charge is 2.32. The van der Waals surface area contributed by atoms with Crippen molar-refractivity contribution in [2.24, 2.45) is 4.99 Å². The number of methoxy groups -OCH3 is 1. The van der Waals surface area contributed by atoms with Gasteiger partial charge < -0.3 is 4.74 Å². The standard InChI is InChI=1S/C22H24N2O2S/c1-6-24-21(25)19(13-17-10-11-18(26-5)12-16(17)4)27-22(24)23-20-14(2)8-7-9-15(20)3/h7-13H,6H2,1-5H3/b19-13+,23-22?. The van der Waals surface area contributed by atoms with E-state index >= 15 is 0 Å². The van der Waals surface area contributed by atoms with Crippen molar-refractivity contribution in [3.8, 4) is 5.75 Å². The third-order valence-corrected chi connectivity index (χ3v) is 5.62. The zero-order valence-electron chi connectivity index (χ0n) is 16.4. The van der Waals surface area contributed by atoms with Crippen LogP contribution in [0.3, 0.4) is 0 Å². The molecule has 2 aromatic carbocycles. The van der Waals surface area contributed by atoms with Gasteiger partial charge in [-0.15, -0.1) is 0 Å². The van der Waals surface area contributed by atoms with Gasteiger partial charge in [-0.05, 0) is 79.9 Å². The number of amidine groups is 1. The number of rotatable bonds is 4. The summed E-state index contributed by atoms with van der Waals surface area (Å²) in [6.07, 6.45) is 1.94. The number of aliphatic imine (C=N–C) groups is 1. The molecule has 3 rings (SSSR count). The molecule has 0 unspecified atom stereocenters. The number of para-hydroxylation sites is 1. The van der Waals surface area contributed by atoms with Crippen LogP contribution in [0.2, 0.25) is 0 Å². The highest BCUT2D eigenvalue weighted by molar-refractivity contribution is 8.18. The van der Waals surface area contributed by atoms with Gasteiger partial charge in [-0.2, -0.15) is 0 Å². The Bertz CT molecular complexity index is 927. The molecule has 0 spiro atoms. The van der Waals surface area contributed by atoms with Gasteiger partial charge in [-0.1, -0.05) is 24.3 Å². The molecular weight excluding hydrogens is 356 g/mol. The van der Waals surface area contributed by atoms with Gasteiger partial charge in [0.15, 0.2) is 5.17 Å². The monoisotopic (exact) mass is 380 g/mol. The zero-order valence-corrected chi connectivity index (χ0v) is 17.2. The summed E-state index contributed by atoms with van der Waals surface area (Å²) < 4.78 is 5.26. The molecule has 1 aliphatic rings. The number of benzene rings is 2. The van der Waals surface area contributed by atoms with Crippen molar-refractivity contribution in [1.29, 1.82) is 0 Å². The van der Waals surface area contributed by atoms with Crippen molar-refractivity contribution in [2.45, 2.75) is 27.7 Å². The van der Waals surface area contributed by atoms with E-state index < -0.39 is 0 Å². The summed E-state index contributed by atoms with van der Waals surface area (Å²) in [6, 6.07) is 12.0. The number of hydrogen-bond acceptors (Lipinski definition) is 4. The SMILES string of the molecule is CCN1C(=O)/C(=C\c2ccc(OC)cc2C)SC1=Nc1c(C)cccc1C. The molecule has 4 nitrogen and oxygen atoms in total. The van der Waals surface area contributed by atoms with E-state index in [1.165, 1.54) is 11.8 Å². The maximum absolute atomic E-state index is 12.9. The fraction of sp³-hybridized carbons (Fsp3) is 0.273. The van der Waals surface area contributed by atoms with Crippen molar-refractivity contribution in [3.63, 3.8) is 0 Å². The molecule has 1 heterocycles. The van der Waals surface area contributed by atoms with Crippen LogP contribution >= 0.6 is 11.8 Å². The van der Waals surface area contributed by atoms with E-state index in [1.54, 1.807) is 12.0 Å². The van der Waals surface area contributed by atoms with E-state index in [0.717, 1.165) is 38.9 Å². The first-order valence-electron chi connectivity index (χ1n) is 8.95. The molecular formula is C22H24N2O2S. The molecule has 27 heavy (non-hydrogen) atoms. The number of carbonyl (C=O) groups is 1. The highest BCUT2D eigenvalue weighted by Crippen LogP contribution is 2.36. The highest BCUT2D eigenvalue weighted by atomic mass is 32.2. The van der Waals surface area contributed by atoms with Crippen molar-refractivity contribution >= 4 is 34.6 Å². The number of likely N-dealkylation sites (N-methyl/N-ethyl adjacent to an activating group) is 1. The van der Waals surface area contributed by atoms with Crippen LogP contribution in [0.4, 0.5) is 5.69 Å². The Morgan fingerprint density at radius 3 is 2.41 bits per heavy atom. The normalized spacial score (nSPS) is 17.2. The number of hydrogen-bond donors (Lipinski definition) is 0. The van der Waals surface area contributed by atoms with Crippen molar-refractivity contribution < 1.29 is 9.53 Å². The Labute approximate surface area is 164 Å². The quantitative estimate of drug-likeness (QED) is 0.681. The van der Waals surface area contributed by atoms with E-state index in [0.29, 0.717) is 11.4 Å². The van der Waals surface area contributed by atoms with Gasteiger partial charge in [-0.25, -0.2) is 4.99 Å². The average molecular weight is 381 g/mol. The van der Waals surface area contributed by atoms with Gasteiger partial charge in [-0.3, -0.25) is 9.69 Å². The third kappa shape index (κ3) is 3.93. The number of aryl methyl sites for hydroxylation is 3. The lowest BCUT2D eigenvalue weighted by atomic mass is 10.1. The van der Waals surface area contributed by atoms with Crippen LogP contribution in [0.1, 0.15) is 29.2 Å². The third-order valence-electron chi connectivity index (χ3n) is 4.61. The lowest BCUT2D eigenvalue weighted by Crippen LogP contribution is -2.28. The molecule has 0 bridgehead atoms. The summed E-state index contributed by atoms with van der Waals surface area (Å²) in [6.45, 7) is 8.67. The summed E-state index contributed by atoms with van der Waals surface area (Å²) in [5, 5.41) is 0.734. The minimum absolute atomic E-state index is 0.00250. The van der Waals surface area contributed by atoms with E-state index in [9.17, 15) is 4.79 Å². The Balaban J connectivity index is 1.99. The van der Waals surface area contributed by atoms with Crippen LogP contribution in [0, 0.1) is 20.8 Å². The molecule has 0 saturated carbocycles. The van der Waals surface area contributed by atoms with E-state index in [-0.39, 0.29) is 5.91 Å². The number of ether oxygens (including phenoxy) is 1. The second kappa shape index (κ2) is 8.01. The molecule has 1 saturated heterocycles. The summed E-state index contributed by atoms with van der Waals surface area (Å²) in [4.78, 5) is 20.1. The van der Waals surface area contributed by atoms with Crippen LogP contribution in [0.15, 0.2) is 46.3 Å². The maximum atomic E-state index is 12.9. The maximum Gasteiger partial charge on any atom is 0.266 e. The van der Waals surface area contributed by atoms with Gasteiger partial charge >= 0.3 is 0 Å². The second-order valence-corrected chi connectivity index (χ2v) is 7.53. The molecule has 0 N–H and O–H groups in total. The van der Waals surface area contributed by atoms with E-state index in [4.69, 9.17) is 9.73 Å². The number of amides is 1. The Morgan fingerprint density at radius 1 is 1.11 bits per heavy atom. The first-order valence-corrected chi connectivity index (χ1v) is 9.77. The number of nitrogens with zero attached hydrogens (tertiary/aromatic N) is 2. The van der Waals surface area contributed by atoms with Crippen LogP contribution in [0.25, 0.3) is 6.08 Å². The predicted octanol–water partition coefficient (Wildman–Crippen LogP) is 5.24. The molecule has 0 atom stereocenters. The van der Waals surface area contributed by atoms with Crippen LogP contribution in [-0.2, 0) is 4.79 Å². The minimum atomic E-state index is 0.00250. The predicted molar refractivity (Wildman–Crippen MR) is 114 cm³/mol. The summed E-state index contributed by atoms with van der Waals surface area (Å²) in [5.41, 5.74) is 5.23. The lowest BCUT2D eigenvalue weighted by molar-refractivity contribution is -0.122. The number of carbonyl (C=O) groups excluding carboxylic acids is 1. The molecule has 1 amide bonds. The van der Waals surface area contributed by atoms with E-state index in [2.05, 4.69) is 0 Å². The first kappa shape index (κ1) is 19.2. The minimum Gasteiger partial charge on any atom is -0.497 e. The van der Waals surface area contributed by atoms with Crippen LogP contribution in [0.5, 0.6) is 5.75 Å². The Morgan fingerprint density at radius 2 is 1.81 bits per heavy atom. The summed E-state index contributed by atoms with van der Waals surface area (Å²) in [7, 11) is 1.65. The molecule has 0 aliphatic carbocycles. The van der Waals surface area contributed by atoms with Gasteiger partial charge in [0.25, 0.3) is 5.91 Å². The fourth-order valence-corrected chi connectivity index (χ4v) is 4.07. The van der Waals surface area contributed by atoms with Gasteiger partial charge in [0, 0.05) is 6.54 Å². The Hall–Kier alpha value is -2.53. The molecule has 0 aromatic heterocycles. The van der Waals surface area contributed by atoms with Crippen molar-refractivity contribution in [2.75, 3.05) is 13.7 Å². The largest absolute Gasteiger partial charge is 0.497 e. The van der Waals surface area contributed by atoms with Crippen molar-refractivity contribution in [1.82, 2.24) is 4.90 Å². The van der Waals surface area contributed by atoms with Crippen LogP contribution in [-0.4, -0.2) is 29.6 Å². The summed E-state index contributed by atoms with van der Waals surface area (Å²) in [5.74, 6) is 0.815. The molecule has 5 heteroatoms. The fourth-order valence-electron chi connectivity index (χ4n) is 3.03. The molecule has 140 valence electrons. The molecule has 1 fully saturated rings. The second-order valence-electron chi connectivity index (χ2n) is 6.52.